The average Bonchev–Trinajstić information content (AvgIpc) is 2.98. The Morgan fingerprint density at radius 3 is 2.81 bits per heavy atom. The second-order valence-electron chi connectivity index (χ2n) is 7.72. The Kier molecular flexibility index (Phi) is 7.11. The first-order valence-electron chi connectivity index (χ1n) is 9.10. The van der Waals surface area contributed by atoms with Crippen molar-refractivity contribution >= 4 is 18.1 Å². The average molecular weight is 362 g/mol. The Labute approximate surface area is 155 Å². The lowest BCUT2D eigenvalue weighted by atomic mass is 10.2. The van der Waals surface area contributed by atoms with Crippen molar-refractivity contribution in [3.8, 4) is 0 Å². The van der Waals surface area contributed by atoms with Crippen LogP contribution < -0.4 is 10.2 Å². The molecule has 2 aliphatic heterocycles. The number of amides is 1. The lowest BCUT2D eigenvalue weighted by Crippen LogP contribution is -2.52. The molecule has 0 bridgehead atoms. The standard InChI is InChI=1S/C14H20N4O.C5H10O2/c1-11-9-17(7-5-16-11)10-14(19)18-6-3-12-8-15-4-2-13(12)18;1-5(2,3)7-4-6/h2,4,8,11,16H,3,5-7,9-10H2,1H3;4H,1-3H3/t11-;/m1./s1. The predicted molar refractivity (Wildman–Crippen MR) is 101 cm³/mol. The summed E-state index contributed by atoms with van der Waals surface area (Å²) in [4.78, 5) is 30.3. The molecule has 7 heteroatoms. The highest BCUT2D eigenvalue weighted by molar-refractivity contribution is 5.96. The van der Waals surface area contributed by atoms with Crippen molar-refractivity contribution in [2.75, 3.05) is 37.6 Å². The van der Waals surface area contributed by atoms with Crippen LogP contribution in [0.1, 0.15) is 33.3 Å². The van der Waals surface area contributed by atoms with Gasteiger partial charge in [0.25, 0.3) is 6.47 Å². The minimum atomic E-state index is -0.318. The van der Waals surface area contributed by atoms with Crippen molar-refractivity contribution in [3.05, 3.63) is 24.0 Å². The molecular formula is C19H30N4O3. The van der Waals surface area contributed by atoms with Crippen LogP contribution in [0.4, 0.5) is 5.69 Å². The lowest BCUT2D eigenvalue weighted by Gasteiger charge is -2.32. The number of ether oxygens (including phenoxy) is 1. The number of fused-ring (bicyclic) bond motifs is 1. The molecule has 26 heavy (non-hydrogen) atoms. The van der Waals surface area contributed by atoms with Crippen LogP contribution in [-0.4, -0.2) is 66.6 Å². The Morgan fingerprint density at radius 2 is 2.19 bits per heavy atom. The third kappa shape index (κ3) is 6.07. The number of hydrogen-bond acceptors (Lipinski definition) is 6. The van der Waals surface area contributed by atoms with Gasteiger partial charge in [0.1, 0.15) is 5.60 Å². The van der Waals surface area contributed by atoms with Crippen LogP contribution >= 0.6 is 0 Å². The summed E-state index contributed by atoms with van der Waals surface area (Å²) in [5.74, 6) is 0.207. The molecule has 0 aromatic carbocycles. The molecule has 1 aromatic heterocycles. The van der Waals surface area contributed by atoms with Gasteiger partial charge in [0.2, 0.25) is 5.91 Å². The van der Waals surface area contributed by atoms with Gasteiger partial charge in [-0.1, -0.05) is 0 Å². The lowest BCUT2D eigenvalue weighted by molar-refractivity contribution is -0.138. The first kappa shape index (κ1) is 20.3. The molecule has 0 saturated carbocycles. The molecule has 1 amide bonds. The van der Waals surface area contributed by atoms with E-state index in [0.29, 0.717) is 19.1 Å². The summed E-state index contributed by atoms with van der Waals surface area (Å²) in [6.45, 7) is 12.3. The van der Waals surface area contributed by atoms with Gasteiger partial charge in [0.15, 0.2) is 0 Å². The van der Waals surface area contributed by atoms with Crippen molar-refractivity contribution < 1.29 is 14.3 Å². The molecule has 1 saturated heterocycles. The Bertz CT molecular complexity index is 615. The maximum Gasteiger partial charge on any atom is 0.293 e. The van der Waals surface area contributed by atoms with Crippen molar-refractivity contribution in [2.45, 2.75) is 45.8 Å². The zero-order valence-electron chi connectivity index (χ0n) is 16.2. The van der Waals surface area contributed by atoms with Crippen LogP contribution in [0.15, 0.2) is 18.5 Å². The van der Waals surface area contributed by atoms with E-state index in [4.69, 9.17) is 0 Å². The van der Waals surface area contributed by atoms with Crippen molar-refractivity contribution in [3.63, 3.8) is 0 Å². The number of carbonyl (C=O) groups is 2. The minimum Gasteiger partial charge on any atom is -0.462 e. The van der Waals surface area contributed by atoms with Gasteiger partial charge >= 0.3 is 0 Å². The third-order valence-electron chi connectivity index (χ3n) is 4.29. The molecule has 144 valence electrons. The minimum absolute atomic E-state index is 0.207. The first-order chi connectivity index (χ1) is 12.3. The summed E-state index contributed by atoms with van der Waals surface area (Å²) in [6, 6.07) is 2.41. The molecule has 1 N–H and O–H groups in total. The number of piperazine rings is 1. The number of rotatable bonds is 3. The number of aromatic nitrogens is 1. The summed E-state index contributed by atoms with van der Waals surface area (Å²) in [5.41, 5.74) is 1.91. The zero-order chi connectivity index (χ0) is 19.2. The molecule has 7 nitrogen and oxygen atoms in total. The maximum absolute atomic E-state index is 12.4. The van der Waals surface area contributed by atoms with Crippen LogP contribution in [0.5, 0.6) is 0 Å². The molecule has 0 spiro atoms. The van der Waals surface area contributed by atoms with Gasteiger partial charge in [-0.3, -0.25) is 19.5 Å². The normalized spacial score (nSPS) is 20.0. The number of nitrogens with one attached hydrogen (secondary N) is 1. The smallest absolute Gasteiger partial charge is 0.293 e. The van der Waals surface area contributed by atoms with Crippen LogP contribution in [0.25, 0.3) is 0 Å². The number of pyridine rings is 1. The molecule has 2 aliphatic rings. The van der Waals surface area contributed by atoms with Crippen molar-refractivity contribution in [1.82, 2.24) is 15.2 Å². The highest BCUT2D eigenvalue weighted by atomic mass is 16.5. The molecule has 1 fully saturated rings. The van der Waals surface area contributed by atoms with Gasteiger partial charge in [-0.05, 0) is 45.7 Å². The summed E-state index contributed by atoms with van der Waals surface area (Å²) in [7, 11) is 0. The predicted octanol–water partition coefficient (Wildman–Crippen LogP) is 1.22. The largest absolute Gasteiger partial charge is 0.462 e. The van der Waals surface area contributed by atoms with E-state index in [1.165, 1.54) is 5.56 Å². The van der Waals surface area contributed by atoms with E-state index < -0.39 is 0 Å². The summed E-state index contributed by atoms with van der Waals surface area (Å²) >= 11 is 0. The number of carbonyl (C=O) groups excluding carboxylic acids is 2. The van der Waals surface area contributed by atoms with Gasteiger partial charge in [-0.15, -0.1) is 0 Å². The molecule has 1 atom stereocenters. The van der Waals surface area contributed by atoms with Gasteiger partial charge in [-0.25, -0.2) is 0 Å². The van der Waals surface area contributed by atoms with Gasteiger partial charge in [0.05, 0.1) is 6.54 Å². The van der Waals surface area contributed by atoms with E-state index in [1.807, 2.05) is 37.9 Å². The van der Waals surface area contributed by atoms with E-state index in [9.17, 15) is 9.59 Å². The van der Waals surface area contributed by atoms with Gasteiger partial charge < -0.3 is 15.0 Å². The highest BCUT2D eigenvalue weighted by Gasteiger charge is 2.27. The molecule has 3 rings (SSSR count). The first-order valence-corrected chi connectivity index (χ1v) is 9.10. The fourth-order valence-electron chi connectivity index (χ4n) is 3.06. The quantitative estimate of drug-likeness (QED) is 0.815. The molecule has 0 aliphatic carbocycles. The molecule has 3 heterocycles. The van der Waals surface area contributed by atoms with Crippen molar-refractivity contribution in [2.24, 2.45) is 0 Å². The fraction of sp³-hybridized carbons (Fsp3) is 0.632. The second kappa shape index (κ2) is 9.09. The van der Waals surface area contributed by atoms with Crippen LogP contribution in [0.2, 0.25) is 0 Å². The summed E-state index contributed by atoms with van der Waals surface area (Å²) in [6.07, 6.45) is 4.56. The van der Waals surface area contributed by atoms with Gasteiger partial charge in [-0.2, -0.15) is 0 Å². The monoisotopic (exact) mass is 362 g/mol. The number of nitrogens with zero attached hydrogens (tertiary/aromatic N) is 3. The number of hydrogen-bond donors (Lipinski definition) is 1. The van der Waals surface area contributed by atoms with Crippen molar-refractivity contribution in [1.29, 1.82) is 0 Å². The number of anilines is 1. The fourth-order valence-corrected chi connectivity index (χ4v) is 3.06. The summed E-state index contributed by atoms with van der Waals surface area (Å²) in [5, 5.41) is 3.40. The molecular weight excluding hydrogens is 332 g/mol. The van der Waals surface area contributed by atoms with E-state index in [-0.39, 0.29) is 11.5 Å². The molecule has 1 aromatic rings. The second-order valence-corrected chi connectivity index (χ2v) is 7.72. The Morgan fingerprint density at radius 1 is 1.42 bits per heavy atom. The molecule has 0 unspecified atom stereocenters. The van der Waals surface area contributed by atoms with E-state index in [2.05, 4.69) is 26.9 Å². The highest BCUT2D eigenvalue weighted by Crippen LogP contribution is 2.26. The van der Waals surface area contributed by atoms with E-state index in [1.54, 1.807) is 6.20 Å². The third-order valence-corrected chi connectivity index (χ3v) is 4.29. The van der Waals surface area contributed by atoms with Gasteiger partial charge in [0, 0.05) is 50.3 Å². The van der Waals surface area contributed by atoms with E-state index in [0.717, 1.165) is 38.3 Å². The maximum atomic E-state index is 12.4. The molecule has 0 radical (unpaired) electrons. The topological polar surface area (TPSA) is 74.8 Å². The van der Waals surface area contributed by atoms with Crippen LogP contribution in [-0.2, 0) is 20.7 Å². The Hall–Kier alpha value is -1.99. The van der Waals surface area contributed by atoms with Crippen LogP contribution in [0, 0.1) is 0 Å². The SMILES string of the molecule is CC(C)(C)OC=O.C[C@@H]1CN(CC(=O)N2CCc3cnccc32)CCN1. The summed E-state index contributed by atoms with van der Waals surface area (Å²) < 4.78 is 4.55. The van der Waals surface area contributed by atoms with E-state index >= 15 is 0 Å². The van der Waals surface area contributed by atoms with Crippen LogP contribution in [0.3, 0.4) is 0 Å². The Balaban J connectivity index is 0.000000298. The zero-order valence-corrected chi connectivity index (χ0v) is 16.2.